The van der Waals surface area contributed by atoms with Crippen LogP contribution in [0, 0.1) is 3.57 Å². The number of halogens is 1. The summed E-state index contributed by atoms with van der Waals surface area (Å²) in [4.78, 5) is 20.1. The van der Waals surface area contributed by atoms with E-state index in [2.05, 4.69) is 39.7 Å². The van der Waals surface area contributed by atoms with Gasteiger partial charge in [0.2, 0.25) is 0 Å². The fourth-order valence-electron chi connectivity index (χ4n) is 2.80. The van der Waals surface area contributed by atoms with Gasteiger partial charge in [-0.25, -0.2) is 0 Å². The molecule has 1 fully saturated rings. The number of quaternary nitrogens is 1. The van der Waals surface area contributed by atoms with Gasteiger partial charge in [-0.15, -0.1) is 0 Å². The van der Waals surface area contributed by atoms with Gasteiger partial charge in [-0.3, -0.25) is 9.78 Å². The molecule has 0 bridgehead atoms. The van der Waals surface area contributed by atoms with E-state index in [1.54, 1.807) is 0 Å². The lowest BCUT2D eigenvalue weighted by Gasteiger charge is -2.32. The van der Waals surface area contributed by atoms with Crippen molar-refractivity contribution in [2.45, 2.75) is 6.54 Å². The molecule has 2 aromatic rings. The Balaban J connectivity index is 1.56. The Bertz CT molecular complexity index is 639. The summed E-state index contributed by atoms with van der Waals surface area (Å²) < 4.78 is 1.10. The molecule has 3 rings (SSSR count). The lowest BCUT2D eigenvalue weighted by atomic mass is 10.1. The smallest absolute Gasteiger partial charge is 0.254 e. The highest BCUT2D eigenvalue weighted by Crippen LogP contribution is 2.10. The molecule has 0 spiro atoms. The van der Waals surface area contributed by atoms with Crippen LogP contribution in [0.4, 0.5) is 0 Å². The van der Waals surface area contributed by atoms with Crippen LogP contribution in [-0.2, 0) is 6.54 Å². The zero-order valence-electron chi connectivity index (χ0n) is 12.3. The molecule has 1 aromatic carbocycles. The van der Waals surface area contributed by atoms with Crippen molar-refractivity contribution in [3.63, 3.8) is 0 Å². The average Bonchev–Trinajstić information content (AvgIpc) is 2.56. The second-order valence-corrected chi connectivity index (χ2v) is 6.83. The van der Waals surface area contributed by atoms with Crippen LogP contribution in [-0.4, -0.2) is 42.0 Å². The van der Waals surface area contributed by atoms with Gasteiger partial charge in [0.15, 0.2) is 0 Å². The zero-order valence-corrected chi connectivity index (χ0v) is 14.5. The molecule has 1 aliphatic rings. The lowest BCUT2D eigenvalue weighted by Crippen LogP contribution is -3.13. The minimum Gasteiger partial charge on any atom is -0.328 e. The number of hydrogen-bond donors (Lipinski definition) is 1. The fourth-order valence-corrected chi connectivity index (χ4v) is 3.34. The number of pyridine rings is 1. The Morgan fingerprint density at radius 2 is 1.91 bits per heavy atom. The van der Waals surface area contributed by atoms with Crippen LogP contribution in [0.25, 0.3) is 0 Å². The summed E-state index contributed by atoms with van der Waals surface area (Å²) in [6.07, 6.45) is 3.68. The minimum absolute atomic E-state index is 0.154. The number of nitrogens with one attached hydrogen (secondary N) is 1. The molecule has 4 nitrogen and oxygen atoms in total. The van der Waals surface area contributed by atoms with Crippen molar-refractivity contribution in [1.29, 1.82) is 0 Å². The van der Waals surface area contributed by atoms with E-state index in [9.17, 15) is 4.79 Å². The monoisotopic (exact) mass is 408 g/mol. The summed E-state index contributed by atoms with van der Waals surface area (Å²) in [7, 11) is 0. The van der Waals surface area contributed by atoms with Gasteiger partial charge in [0.25, 0.3) is 5.91 Å². The third kappa shape index (κ3) is 3.84. The second kappa shape index (κ2) is 7.19. The summed E-state index contributed by atoms with van der Waals surface area (Å²) in [6, 6.07) is 11.9. The van der Waals surface area contributed by atoms with Gasteiger partial charge in [-0.05, 0) is 52.9 Å². The Morgan fingerprint density at radius 1 is 1.18 bits per heavy atom. The maximum absolute atomic E-state index is 12.5. The van der Waals surface area contributed by atoms with Crippen molar-refractivity contribution < 1.29 is 9.69 Å². The lowest BCUT2D eigenvalue weighted by molar-refractivity contribution is -0.917. The summed E-state index contributed by atoms with van der Waals surface area (Å²) in [5, 5.41) is 0. The normalized spacial score (nSPS) is 15.8. The second-order valence-electron chi connectivity index (χ2n) is 5.58. The van der Waals surface area contributed by atoms with E-state index in [-0.39, 0.29) is 5.91 Å². The first-order chi connectivity index (χ1) is 10.7. The highest BCUT2D eigenvalue weighted by atomic mass is 127. The molecule has 0 aliphatic carbocycles. The SMILES string of the molecule is O=C(c1cccc(I)c1)N1CC[NH+](Cc2ccncc2)CC1. The van der Waals surface area contributed by atoms with Crippen molar-refractivity contribution >= 4 is 28.5 Å². The molecule has 0 saturated carbocycles. The van der Waals surface area contributed by atoms with Crippen molar-refractivity contribution in [3.05, 3.63) is 63.5 Å². The summed E-state index contributed by atoms with van der Waals surface area (Å²) >= 11 is 2.25. The van der Waals surface area contributed by atoms with Crippen LogP contribution in [0.2, 0.25) is 0 Å². The van der Waals surface area contributed by atoms with Gasteiger partial charge in [-0.1, -0.05) is 6.07 Å². The summed E-state index contributed by atoms with van der Waals surface area (Å²) in [6.45, 7) is 4.65. The number of aromatic nitrogens is 1. The largest absolute Gasteiger partial charge is 0.328 e. The number of piperazine rings is 1. The third-order valence-corrected chi connectivity index (χ3v) is 4.70. The predicted molar refractivity (Wildman–Crippen MR) is 93.7 cm³/mol. The van der Waals surface area contributed by atoms with Crippen molar-refractivity contribution in [1.82, 2.24) is 9.88 Å². The Morgan fingerprint density at radius 3 is 2.59 bits per heavy atom. The van der Waals surface area contributed by atoms with E-state index in [1.165, 1.54) is 10.5 Å². The maximum atomic E-state index is 12.5. The first-order valence-electron chi connectivity index (χ1n) is 7.50. The molecule has 0 atom stereocenters. The quantitative estimate of drug-likeness (QED) is 0.777. The van der Waals surface area contributed by atoms with Crippen LogP contribution >= 0.6 is 22.6 Å². The molecule has 1 aliphatic heterocycles. The summed E-state index contributed by atoms with van der Waals surface area (Å²) in [5.41, 5.74) is 2.10. The fraction of sp³-hybridized carbons (Fsp3) is 0.294. The number of carbonyl (C=O) groups excluding carboxylic acids is 1. The minimum atomic E-state index is 0.154. The molecular formula is C17H19IN3O+. The van der Waals surface area contributed by atoms with Crippen molar-refractivity contribution in [2.75, 3.05) is 26.2 Å². The number of benzene rings is 1. The van der Waals surface area contributed by atoms with Crippen LogP contribution in [0.3, 0.4) is 0 Å². The van der Waals surface area contributed by atoms with Crippen molar-refractivity contribution in [2.24, 2.45) is 0 Å². The van der Waals surface area contributed by atoms with Gasteiger partial charge < -0.3 is 9.80 Å². The molecule has 5 heteroatoms. The number of carbonyl (C=O) groups is 1. The number of hydrogen-bond acceptors (Lipinski definition) is 2. The average molecular weight is 408 g/mol. The zero-order chi connectivity index (χ0) is 15.4. The maximum Gasteiger partial charge on any atom is 0.254 e. The van der Waals surface area contributed by atoms with E-state index < -0.39 is 0 Å². The highest BCUT2D eigenvalue weighted by Gasteiger charge is 2.24. The van der Waals surface area contributed by atoms with Gasteiger partial charge in [0, 0.05) is 27.1 Å². The van der Waals surface area contributed by atoms with Crippen LogP contribution in [0.15, 0.2) is 48.8 Å². The molecule has 2 heterocycles. The topological polar surface area (TPSA) is 37.6 Å². The molecule has 114 valence electrons. The van der Waals surface area contributed by atoms with E-state index in [4.69, 9.17) is 0 Å². The molecule has 1 N–H and O–H groups in total. The van der Waals surface area contributed by atoms with E-state index in [0.29, 0.717) is 0 Å². The molecule has 1 amide bonds. The van der Waals surface area contributed by atoms with Crippen LogP contribution in [0.1, 0.15) is 15.9 Å². The van der Waals surface area contributed by atoms with Gasteiger partial charge in [-0.2, -0.15) is 0 Å². The Hall–Kier alpha value is -1.47. The van der Waals surface area contributed by atoms with Gasteiger partial charge in [0.05, 0.1) is 26.2 Å². The van der Waals surface area contributed by atoms with E-state index in [1.807, 2.05) is 41.6 Å². The molecular weight excluding hydrogens is 389 g/mol. The Labute approximate surface area is 144 Å². The van der Waals surface area contributed by atoms with Gasteiger partial charge in [0.1, 0.15) is 6.54 Å². The van der Waals surface area contributed by atoms with Crippen LogP contribution in [0.5, 0.6) is 0 Å². The van der Waals surface area contributed by atoms with Crippen LogP contribution < -0.4 is 4.90 Å². The molecule has 0 radical (unpaired) electrons. The number of nitrogens with zero attached hydrogens (tertiary/aromatic N) is 2. The molecule has 0 unspecified atom stereocenters. The number of rotatable bonds is 3. The number of amides is 1. The highest BCUT2D eigenvalue weighted by molar-refractivity contribution is 14.1. The standard InChI is InChI=1S/C17H18IN3O/c18-16-3-1-2-15(12-16)17(22)21-10-8-20(9-11-21)13-14-4-6-19-7-5-14/h1-7,12H,8-11,13H2/p+1. The van der Waals surface area contributed by atoms with Gasteiger partial charge >= 0.3 is 0 Å². The Kier molecular flexibility index (Phi) is 5.04. The summed E-state index contributed by atoms with van der Waals surface area (Å²) in [5.74, 6) is 0.154. The first-order valence-corrected chi connectivity index (χ1v) is 8.57. The molecule has 1 aromatic heterocycles. The molecule has 22 heavy (non-hydrogen) atoms. The van der Waals surface area contributed by atoms with E-state index in [0.717, 1.165) is 41.9 Å². The third-order valence-electron chi connectivity index (χ3n) is 4.03. The first kappa shape index (κ1) is 15.4. The van der Waals surface area contributed by atoms with Crippen molar-refractivity contribution in [3.8, 4) is 0 Å². The van der Waals surface area contributed by atoms with E-state index >= 15 is 0 Å². The predicted octanol–water partition coefficient (Wildman–Crippen LogP) is 1.23. The molecule has 1 saturated heterocycles.